The average molecular weight is 143 g/mol. The predicted octanol–water partition coefficient (Wildman–Crippen LogP) is 0.0739. The second-order valence-electron chi connectivity index (χ2n) is 2.15. The van der Waals surface area contributed by atoms with Crippen molar-refractivity contribution >= 4 is 11.9 Å². The number of hydrogen-bond acceptors (Lipinski definition) is 3. The maximum absolute atomic E-state index is 10.8. The third kappa shape index (κ3) is 1.26. The first-order chi connectivity index (χ1) is 4.74. The molecule has 1 unspecified atom stereocenters. The second kappa shape index (κ2) is 2.68. The summed E-state index contributed by atoms with van der Waals surface area (Å²) in [4.78, 5) is 21.3. The summed E-state index contributed by atoms with van der Waals surface area (Å²) < 4.78 is 4.42. The number of Topliss-reactive ketones (excluding diaryl/α,β-unsaturated/α-hetero) is 1. The van der Waals surface area contributed by atoms with Gasteiger partial charge in [-0.3, -0.25) is 4.79 Å². The standard InChI is InChI=1S/C6H9NO3/c1-2-4-5(8)3-10-6(9)7-4/h4H,2-3H2,1H3,(H,7,9). The van der Waals surface area contributed by atoms with Gasteiger partial charge in [0.25, 0.3) is 0 Å². The zero-order chi connectivity index (χ0) is 7.56. The van der Waals surface area contributed by atoms with Crippen LogP contribution in [0.25, 0.3) is 0 Å². The number of amides is 1. The van der Waals surface area contributed by atoms with E-state index in [1.165, 1.54) is 0 Å². The minimum absolute atomic E-state index is 0.0536. The number of carbonyl (C=O) groups excluding carboxylic acids is 2. The molecule has 4 heteroatoms. The molecule has 1 heterocycles. The Balaban J connectivity index is 2.53. The highest BCUT2D eigenvalue weighted by atomic mass is 16.6. The van der Waals surface area contributed by atoms with Gasteiger partial charge in [0.2, 0.25) is 0 Å². The van der Waals surface area contributed by atoms with Gasteiger partial charge in [0.15, 0.2) is 12.4 Å². The molecule has 0 aromatic carbocycles. The van der Waals surface area contributed by atoms with Gasteiger partial charge in [-0.05, 0) is 6.42 Å². The van der Waals surface area contributed by atoms with Gasteiger partial charge < -0.3 is 10.1 Å². The van der Waals surface area contributed by atoms with Crippen molar-refractivity contribution in [2.24, 2.45) is 0 Å². The van der Waals surface area contributed by atoms with Crippen LogP contribution in [0.2, 0.25) is 0 Å². The molecule has 1 aliphatic heterocycles. The highest BCUT2D eigenvalue weighted by Crippen LogP contribution is 1.99. The van der Waals surface area contributed by atoms with Crippen LogP contribution in [-0.2, 0) is 9.53 Å². The Hall–Kier alpha value is -1.06. The molecule has 0 radical (unpaired) electrons. The molecule has 1 rings (SSSR count). The van der Waals surface area contributed by atoms with Crippen molar-refractivity contribution in [2.45, 2.75) is 19.4 Å². The number of rotatable bonds is 1. The first kappa shape index (κ1) is 7.05. The molecule has 1 amide bonds. The van der Waals surface area contributed by atoms with Crippen molar-refractivity contribution < 1.29 is 14.3 Å². The van der Waals surface area contributed by atoms with Gasteiger partial charge in [-0.1, -0.05) is 6.92 Å². The number of cyclic esters (lactones) is 1. The van der Waals surface area contributed by atoms with Crippen LogP contribution in [0, 0.1) is 0 Å². The Bertz CT molecular complexity index is 166. The number of alkyl carbamates (subject to hydrolysis) is 1. The number of nitrogens with one attached hydrogen (secondary N) is 1. The van der Waals surface area contributed by atoms with E-state index in [-0.39, 0.29) is 18.4 Å². The van der Waals surface area contributed by atoms with E-state index in [0.717, 1.165) is 0 Å². The maximum Gasteiger partial charge on any atom is 0.408 e. The van der Waals surface area contributed by atoms with Crippen LogP contribution < -0.4 is 5.32 Å². The van der Waals surface area contributed by atoms with Crippen molar-refractivity contribution in [3.8, 4) is 0 Å². The summed E-state index contributed by atoms with van der Waals surface area (Å²) in [5, 5.41) is 2.41. The van der Waals surface area contributed by atoms with E-state index in [2.05, 4.69) is 10.1 Å². The Morgan fingerprint density at radius 1 is 1.70 bits per heavy atom. The van der Waals surface area contributed by atoms with E-state index in [4.69, 9.17) is 0 Å². The summed E-state index contributed by atoms with van der Waals surface area (Å²) in [6.07, 6.45) is 0.139. The van der Waals surface area contributed by atoms with E-state index in [0.29, 0.717) is 6.42 Å². The largest absolute Gasteiger partial charge is 0.441 e. The van der Waals surface area contributed by atoms with E-state index >= 15 is 0 Å². The van der Waals surface area contributed by atoms with E-state index in [1.807, 2.05) is 6.92 Å². The lowest BCUT2D eigenvalue weighted by Gasteiger charge is -2.20. The molecule has 0 saturated carbocycles. The van der Waals surface area contributed by atoms with Crippen LogP contribution in [0.15, 0.2) is 0 Å². The van der Waals surface area contributed by atoms with Crippen LogP contribution in [0.3, 0.4) is 0 Å². The fourth-order valence-corrected chi connectivity index (χ4v) is 0.831. The third-order valence-corrected chi connectivity index (χ3v) is 1.43. The highest BCUT2D eigenvalue weighted by Gasteiger charge is 2.25. The molecule has 0 aromatic rings. The van der Waals surface area contributed by atoms with Gasteiger partial charge in [-0.15, -0.1) is 0 Å². The highest BCUT2D eigenvalue weighted by molar-refractivity contribution is 5.92. The van der Waals surface area contributed by atoms with Crippen LogP contribution >= 0.6 is 0 Å². The van der Waals surface area contributed by atoms with E-state index < -0.39 is 6.09 Å². The molecule has 1 aliphatic rings. The lowest BCUT2D eigenvalue weighted by molar-refractivity contribution is -0.125. The molecule has 1 N–H and O–H groups in total. The molecule has 0 aromatic heterocycles. The first-order valence-electron chi connectivity index (χ1n) is 3.20. The summed E-state index contributed by atoms with van der Waals surface area (Å²) in [6.45, 7) is 1.76. The smallest absolute Gasteiger partial charge is 0.408 e. The summed E-state index contributed by atoms with van der Waals surface area (Å²) in [5.74, 6) is -0.0536. The fraction of sp³-hybridized carbons (Fsp3) is 0.667. The Morgan fingerprint density at radius 2 is 2.40 bits per heavy atom. The monoisotopic (exact) mass is 143 g/mol. The van der Waals surface area contributed by atoms with Crippen LogP contribution in [0.5, 0.6) is 0 Å². The quantitative estimate of drug-likeness (QED) is 0.565. The molecule has 4 nitrogen and oxygen atoms in total. The van der Waals surface area contributed by atoms with Gasteiger partial charge >= 0.3 is 6.09 Å². The van der Waals surface area contributed by atoms with Gasteiger partial charge in [-0.25, -0.2) is 4.79 Å². The normalized spacial score (nSPS) is 25.5. The maximum atomic E-state index is 10.8. The molecule has 0 bridgehead atoms. The topological polar surface area (TPSA) is 55.4 Å². The summed E-state index contributed by atoms with van der Waals surface area (Å²) in [5.41, 5.74) is 0. The zero-order valence-corrected chi connectivity index (χ0v) is 5.72. The van der Waals surface area contributed by atoms with Crippen molar-refractivity contribution in [1.82, 2.24) is 5.32 Å². The summed E-state index contributed by atoms with van der Waals surface area (Å²) in [7, 11) is 0. The minimum atomic E-state index is -0.494. The fourth-order valence-electron chi connectivity index (χ4n) is 0.831. The van der Waals surface area contributed by atoms with Gasteiger partial charge in [0.1, 0.15) is 0 Å². The van der Waals surface area contributed by atoms with Gasteiger partial charge in [0.05, 0.1) is 6.04 Å². The first-order valence-corrected chi connectivity index (χ1v) is 3.20. The van der Waals surface area contributed by atoms with Crippen molar-refractivity contribution in [3.05, 3.63) is 0 Å². The third-order valence-electron chi connectivity index (χ3n) is 1.43. The Morgan fingerprint density at radius 3 is 2.90 bits per heavy atom. The van der Waals surface area contributed by atoms with E-state index in [1.54, 1.807) is 0 Å². The van der Waals surface area contributed by atoms with Crippen molar-refractivity contribution in [1.29, 1.82) is 0 Å². The van der Waals surface area contributed by atoms with Crippen LogP contribution in [0.1, 0.15) is 13.3 Å². The Labute approximate surface area is 58.5 Å². The van der Waals surface area contributed by atoms with Crippen LogP contribution in [-0.4, -0.2) is 24.5 Å². The number of carbonyl (C=O) groups is 2. The molecule has 0 spiro atoms. The average Bonchev–Trinajstić information content (AvgIpc) is 1.94. The minimum Gasteiger partial charge on any atom is -0.441 e. The number of ether oxygens (including phenoxy) is 1. The predicted molar refractivity (Wildman–Crippen MR) is 33.6 cm³/mol. The summed E-state index contributed by atoms with van der Waals surface area (Å²) >= 11 is 0. The van der Waals surface area contributed by atoms with Gasteiger partial charge in [-0.2, -0.15) is 0 Å². The molecule has 0 aliphatic carbocycles. The molecular formula is C6H9NO3. The SMILES string of the molecule is CCC1NC(=O)OCC1=O. The number of ketones is 1. The Kier molecular flexibility index (Phi) is 1.89. The molecular weight excluding hydrogens is 134 g/mol. The lowest BCUT2D eigenvalue weighted by Crippen LogP contribution is -2.47. The lowest BCUT2D eigenvalue weighted by atomic mass is 10.1. The van der Waals surface area contributed by atoms with Crippen molar-refractivity contribution in [3.63, 3.8) is 0 Å². The molecule has 56 valence electrons. The molecule has 1 saturated heterocycles. The van der Waals surface area contributed by atoms with Gasteiger partial charge in [0, 0.05) is 0 Å². The summed E-state index contributed by atoms with van der Waals surface area (Å²) in [6, 6.07) is -0.332. The van der Waals surface area contributed by atoms with Crippen LogP contribution in [0.4, 0.5) is 4.79 Å². The number of hydrogen-bond donors (Lipinski definition) is 1. The second-order valence-corrected chi connectivity index (χ2v) is 2.15. The molecule has 1 fully saturated rings. The van der Waals surface area contributed by atoms with E-state index in [9.17, 15) is 9.59 Å². The van der Waals surface area contributed by atoms with Crippen molar-refractivity contribution in [2.75, 3.05) is 6.61 Å². The zero-order valence-electron chi connectivity index (χ0n) is 5.72. The molecule has 1 atom stereocenters. The molecule has 10 heavy (non-hydrogen) atoms.